The number of rotatable bonds is 4. The third kappa shape index (κ3) is 3.78. The summed E-state index contributed by atoms with van der Waals surface area (Å²) in [5.74, 6) is 0.580. The van der Waals surface area contributed by atoms with E-state index in [0.29, 0.717) is 16.4 Å². The Hall–Kier alpha value is -2.93. The fourth-order valence-corrected chi connectivity index (χ4v) is 4.62. The molecule has 0 saturated heterocycles. The van der Waals surface area contributed by atoms with E-state index in [9.17, 15) is 13.2 Å². The smallest absolute Gasteiger partial charge is 0.262 e. The van der Waals surface area contributed by atoms with Crippen LogP contribution in [0.2, 0.25) is 0 Å². The summed E-state index contributed by atoms with van der Waals surface area (Å²) in [5.41, 5.74) is 3.63. The Bertz CT molecular complexity index is 1120. The minimum Gasteiger partial charge on any atom is -0.308 e. The van der Waals surface area contributed by atoms with Crippen molar-refractivity contribution in [3.05, 3.63) is 81.4 Å². The molecule has 6 nitrogen and oxygen atoms in total. The highest BCUT2D eigenvalue weighted by Gasteiger charge is 2.22. The number of anilines is 1. The predicted molar refractivity (Wildman–Crippen MR) is 106 cm³/mol. The molecule has 140 valence electrons. The van der Waals surface area contributed by atoms with E-state index in [1.54, 1.807) is 29.1 Å². The van der Waals surface area contributed by atoms with E-state index in [4.69, 9.17) is 0 Å². The maximum atomic E-state index is 13.0. The maximum absolute atomic E-state index is 13.0. The van der Waals surface area contributed by atoms with Crippen LogP contribution in [0.1, 0.15) is 22.3 Å². The first-order valence-corrected chi connectivity index (χ1v) is 9.92. The van der Waals surface area contributed by atoms with E-state index in [0.717, 1.165) is 22.3 Å². The Morgan fingerprint density at radius 2 is 1.52 bits per heavy atom. The van der Waals surface area contributed by atoms with Crippen LogP contribution in [0.3, 0.4) is 0 Å². The van der Waals surface area contributed by atoms with Crippen molar-refractivity contribution in [3.63, 3.8) is 0 Å². The molecule has 0 aliphatic rings. The van der Waals surface area contributed by atoms with Crippen LogP contribution in [0.15, 0.2) is 58.6 Å². The molecule has 0 saturated carbocycles. The maximum Gasteiger partial charge on any atom is 0.262 e. The number of aromatic nitrogens is 2. The molecule has 7 heteroatoms. The lowest BCUT2D eigenvalue weighted by Gasteiger charge is -2.16. The molecular weight excluding hydrogens is 362 g/mol. The zero-order chi connectivity index (χ0) is 19.8. The van der Waals surface area contributed by atoms with Crippen molar-refractivity contribution in [2.24, 2.45) is 0 Å². The first-order chi connectivity index (χ1) is 12.7. The van der Waals surface area contributed by atoms with Crippen LogP contribution in [0, 0.1) is 27.7 Å². The van der Waals surface area contributed by atoms with Crippen molar-refractivity contribution < 1.29 is 8.42 Å². The van der Waals surface area contributed by atoms with Crippen LogP contribution >= 0.6 is 0 Å². The molecule has 3 rings (SSSR count). The second-order valence-corrected chi connectivity index (χ2v) is 8.16. The third-order valence-electron chi connectivity index (χ3n) is 4.63. The second kappa shape index (κ2) is 7.00. The molecule has 0 aliphatic heterocycles. The fourth-order valence-electron chi connectivity index (χ4n) is 2.95. The van der Waals surface area contributed by atoms with Gasteiger partial charge in [-0.05, 0) is 62.1 Å². The molecule has 0 spiro atoms. The van der Waals surface area contributed by atoms with Crippen molar-refractivity contribution in [3.8, 4) is 5.82 Å². The number of pyridine rings is 2. The largest absolute Gasteiger partial charge is 0.308 e. The summed E-state index contributed by atoms with van der Waals surface area (Å²) < 4.78 is 30.2. The normalized spacial score (nSPS) is 11.4. The summed E-state index contributed by atoms with van der Waals surface area (Å²) in [7, 11) is -3.74. The highest BCUT2D eigenvalue weighted by molar-refractivity contribution is 7.92. The molecule has 2 aromatic heterocycles. The van der Waals surface area contributed by atoms with Gasteiger partial charge in [0.1, 0.15) is 5.82 Å². The van der Waals surface area contributed by atoms with E-state index in [1.807, 2.05) is 33.8 Å². The minimum absolute atomic E-state index is 0.0881. The molecule has 0 aliphatic carbocycles. The molecular formula is C20H21N3O3S. The number of hydrogen-bond donors (Lipinski definition) is 1. The molecule has 2 heterocycles. The van der Waals surface area contributed by atoms with Crippen LogP contribution in [0.25, 0.3) is 5.82 Å². The standard InChI is InChI=1S/C20H21N3O3S/c1-13-11-14(2)16(4)20(15(13)3)27(25,26)22-17-5-6-19(21-12-17)23-9-7-18(24)8-10-23/h5-12,22H,1-4H3. The Morgan fingerprint density at radius 1 is 0.926 bits per heavy atom. The number of sulfonamides is 1. The van der Waals surface area contributed by atoms with Crippen LogP contribution in [0.5, 0.6) is 0 Å². The highest BCUT2D eigenvalue weighted by atomic mass is 32.2. The summed E-state index contributed by atoms with van der Waals surface area (Å²) in [6.07, 6.45) is 4.67. The summed E-state index contributed by atoms with van der Waals surface area (Å²) >= 11 is 0. The molecule has 1 N–H and O–H groups in total. The van der Waals surface area contributed by atoms with Gasteiger partial charge in [0.2, 0.25) is 0 Å². The average molecular weight is 383 g/mol. The van der Waals surface area contributed by atoms with Gasteiger partial charge in [0.15, 0.2) is 5.43 Å². The molecule has 0 amide bonds. The van der Waals surface area contributed by atoms with Gasteiger partial charge in [0.25, 0.3) is 10.0 Å². The van der Waals surface area contributed by atoms with E-state index in [2.05, 4.69) is 9.71 Å². The summed E-state index contributed by atoms with van der Waals surface area (Å²) in [5, 5.41) is 0. The first kappa shape index (κ1) is 18.8. The lowest BCUT2D eigenvalue weighted by atomic mass is 10.0. The van der Waals surface area contributed by atoms with Gasteiger partial charge >= 0.3 is 0 Å². The lowest BCUT2D eigenvalue weighted by molar-refractivity contribution is 0.599. The van der Waals surface area contributed by atoms with E-state index < -0.39 is 10.0 Å². The first-order valence-electron chi connectivity index (χ1n) is 8.44. The van der Waals surface area contributed by atoms with Gasteiger partial charge in [0.05, 0.1) is 16.8 Å². The SMILES string of the molecule is Cc1cc(C)c(C)c(S(=O)(=O)Nc2ccc(-n3ccc(=O)cc3)nc2)c1C. The predicted octanol–water partition coefficient (Wildman–Crippen LogP) is 3.27. The summed E-state index contributed by atoms with van der Waals surface area (Å²) in [6, 6.07) is 8.19. The summed E-state index contributed by atoms with van der Waals surface area (Å²) in [4.78, 5) is 15.8. The molecule has 1 aromatic carbocycles. The number of benzene rings is 1. The third-order valence-corrected chi connectivity index (χ3v) is 6.28. The Kier molecular flexibility index (Phi) is 4.89. The van der Waals surface area contributed by atoms with Gasteiger partial charge in [-0.2, -0.15) is 0 Å². The topological polar surface area (TPSA) is 81.1 Å². The number of nitrogens with one attached hydrogen (secondary N) is 1. The number of hydrogen-bond acceptors (Lipinski definition) is 4. The van der Waals surface area contributed by atoms with Crippen molar-refractivity contribution in [1.82, 2.24) is 9.55 Å². The van der Waals surface area contributed by atoms with Crippen LogP contribution in [-0.2, 0) is 10.0 Å². The molecule has 0 fully saturated rings. The highest BCUT2D eigenvalue weighted by Crippen LogP contribution is 2.27. The zero-order valence-corrected chi connectivity index (χ0v) is 16.5. The second-order valence-electron chi connectivity index (χ2n) is 6.54. The molecule has 0 unspecified atom stereocenters. The van der Waals surface area contributed by atoms with Crippen LogP contribution in [-0.4, -0.2) is 18.0 Å². The van der Waals surface area contributed by atoms with Gasteiger partial charge in [0, 0.05) is 24.5 Å². The van der Waals surface area contributed by atoms with Crippen molar-refractivity contribution in [2.75, 3.05) is 4.72 Å². The minimum atomic E-state index is -3.74. The van der Waals surface area contributed by atoms with E-state index >= 15 is 0 Å². The van der Waals surface area contributed by atoms with Crippen molar-refractivity contribution >= 4 is 15.7 Å². The van der Waals surface area contributed by atoms with Crippen molar-refractivity contribution in [2.45, 2.75) is 32.6 Å². The average Bonchev–Trinajstić information content (AvgIpc) is 2.61. The van der Waals surface area contributed by atoms with Crippen LogP contribution < -0.4 is 10.2 Å². The zero-order valence-electron chi connectivity index (χ0n) is 15.6. The molecule has 0 bridgehead atoms. The lowest BCUT2D eigenvalue weighted by Crippen LogP contribution is -2.17. The molecule has 27 heavy (non-hydrogen) atoms. The van der Waals surface area contributed by atoms with E-state index in [-0.39, 0.29) is 5.43 Å². The van der Waals surface area contributed by atoms with Gasteiger partial charge in [-0.1, -0.05) is 6.07 Å². The van der Waals surface area contributed by atoms with E-state index in [1.165, 1.54) is 18.3 Å². The van der Waals surface area contributed by atoms with Crippen molar-refractivity contribution in [1.29, 1.82) is 0 Å². The Morgan fingerprint density at radius 3 is 2.04 bits per heavy atom. The molecule has 0 radical (unpaired) electrons. The van der Waals surface area contributed by atoms with Gasteiger partial charge in [-0.15, -0.1) is 0 Å². The Balaban J connectivity index is 1.93. The van der Waals surface area contributed by atoms with Gasteiger partial charge in [-0.25, -0.2) is 13.4 Å². The van der Waals surface area contributed by atoms with Gasteiger partial charge < -0.3 is 4.57 Å². The summed E-state index contributed by atoms with van der Waals surface area (Å²) in [6.45, 7) is 7.44. The quantitative estimate of drug-likeness (QED) is 0.750. The molecule has 3 aromatic rings. The number of aryl methyl sites for hydroxylation is 2. The number of nitrogens with zero attached hydrogens (tertiary/aromatic N) is 2. The van der Waals surface area contributed by atoms with Crippen LogP contribution in [0.4, 0.5) is 5.69 Å². The van der Waals surface area contributed by atoms with Gasteiger partial charge in [-0.3, -0.25) is 9.52 Å². The Labute approximate surface area is 158 Å². The fraction of sp³-hybridized carbons (Fsp3) is 0.200. The molecule has 0 atom stereocenters. The monoisotopic (exact) mass is 383 g/mol.